The number of nitrogens with two attached hydrogens (primary N) is 1. The minimum Gasteiger partial charge on any atom is -0.465 e. The lowest BCUT2D eigenvalue weighted by atomic mass is 9.49. The zero-order chi connectivity index (χ0) is 13.7. The molecule has 1 heterocycles. The molecule has 0 saturated heterocycles. The second-order valence-electron chi connectivity index (χ2n) is 7.71. The van der Waals surface area contributed by atoms with Gasteiger partial charge in [-0.05, 0) is 68.8 Å². The first-order chi connectivity index (χ1) is 9.72. The summed E-state index contributed by atoms with van der Waals surface area (Å²) in [4.78, 5) is 0. The molecule has 0 amide bonds. The highest BCUT2D eigenvalue weighted by atomic mass is 16.3. The topological polar surface area (TPSA) is 39.2 Å². The van der Waals surface area contributed by atoms with Crippen molar-refractivity contribution in [1.29, 1.82) is 0 Å². The van der Waals surface area contributed by atoms with Crippen molar-refractivity contribution in [3.05, 3.63) is 23.2 Å². The lowest BCUT2D eigenvalue weighted by Gasteiger charge is -2.55. The lowest BCUT2D eigenvalue weighted by Crippen LogP contribution is -2.48. The Morgan fingerprint density at radius 3 is 2.25 bits per heavy atom. The van der Waals surface area contributed by atoms with Crippen molar-refractivity contribution in [2.24, 2.45) is 23.5 Å². The number of hydrogen-bond acceptors (Lipinski definition) is 2. The van der Waals surface area contributed by atoms with E-state index in [9.17, 15) is 0 Å². The van der Waals surface area contributed by atoms with Gasteiger partial charge in [0, 0.05) is 23.9 Å². The predicted molar refractivity (Wildman–Crippen MR) is 80.4 cm³/mol. The Balaban J connectivity index is 1.69. The fourth-order valence-electron chi connectivity index (χ4n) is 5.75. The molecule has 1 aromatic heterocycles. The van der Waals surface area contributed by atoms with E-state index in [4.69, 9.17) is 10.2 Å². The third kappa shape index (κ3) is 1.88. The molecule has 4 bridgehead atoms. The molecule has 0 aliphatic heterocycles. The van der Waals surface area contributed by atoms with E-state index in [0.29, 0.717) is 12.0 Å². The highest BCUT2D eigenvalue weighted by Gasteiger charge is 2.53. The second kappa shape index (κ2) is 4.62. The zero-order valence-electron chi connectivity index (χ0n) is 12.7. The maximum atomic E-state index is 6.35. The molecular weight excluding hydrogens is 246 g/mol. The predicted octanol–water partition coefficient (Wildman–Crippen LogP) is 4.16. The largest absolute Gasteiger partial charge is 0.465 e. The van der Waals surface area contributed by atoms with Crippen molar-refractivity contribution in [1.82, 2.24) is 0 Å². The Labute approximate surface area is 122 Å². The van der Waals surface area contributed by atoms with Gasteiger partial charge in [-0.2, -0.15) is 0 Å². The molecule has 0 radical (unpaired) electrons. The SMILES string of the molecule is CCCc1oc(C23CC4CC(CC(C4)C2)C3)cc1CN. The van der Waals surface area contributed by atoms with Crippen LogP contribution in [0, 0.1) is 17.8 Å². The molecule has 0 aromatic carbocycles. The van der Waals surface area contributed by atoms with Gasteiger partial charge >= 0.3 is 0 Å². The van der Waals surface area contributed by atoms with Gasteiger partial charge in [0.05, 0.1) is 0 Å². The highest BCUT2D eigenvalue weighted by molar-refractivity contribution is 5.29. The van der Waals surface area contributed by atoms with Crippen LogP contribution in [0.3, 0.4) is 0 Å². The smallest absolute Gasteiger partial charge is 0.110 e. The molecule has 110 valence electrons. The van der Waals surface area contributed by atoms with Crippen LogP contribution in [0.5, 0.6) is 0 Å². The van der Waals surface area contributed by atoms with Gasteiger partial charge in [0.15, 0.2) is 0 Å². The average molecular weight is 273 g/mol. The van der Waals surface area contributed by atoms with E-state index in [2.05, 4.69) is 13.0 Å². The monoisotopic (exact) mass is 273 g/mol. The Kier molecular flexibility index (Phi) is 2.99. The summed E-state index contributed by atoms with van der Waals surface area (Å²) in [6, 6.07) is 2.32. The molecule has 2 N–H and O–H groups in total. The van der Waals surface area contributed by atoms with Crippen LogP contribution in [-0.2, 0) is 18.4 Å². The van der Waals surface area contributed by atoms with Crippen molar-refractivity contribution in [2.45, 2.75) is 70.3 Å². The van der Waals surface area contributed by atoms with Gasteiger partial charge in [0.2, 0.25) is 0 Å². The van der Waals surface area contributed by atoms with Gasteiger partial charge in [-0.15, -0.1) is 0 Å². The van der Waals surface area contributed by atoms with Crippen LogP contribution in [0.4, 0.5) is 0 Å². The molecule has 0 spiro atoms. The number of hydrogen-bond donors (Lipinski definition) is 1. The maximum Gasteiger partial charge on any atom is 0.110 e. The number of rotatable bonds is 4. The van der Waals surface area contributed by atoms with Gasteiger partial charge in [-0.1, -0.05) is 6.92 Å². The molecule has 4 aliphatic rings. The van der Waals surface area contributed by atoms with Crippen LogP contribution in [0.25, 0.3) is 0 Å². The average Bonchev–Trinajstić information content (AvgIpc) is 2.81. The summed E-state index contributed by atoms with van der Waals surface area (Å²) in [5.74, 6) is 5.38. The third-order valence-electron chi connectivity index (χ3n) is 6.15. The van der Waals surface area contributed by atoms with Crippen LogP contribution < -0.4 is 5.73 Å². The first-order valence-electron chi connectivity index (χ1n) is 8.54. The van der Waals surface area contributed by atoms with Gasteiger partial charge < -0.3 is 10.2 Å². The molecule has 5 rings (SSSR count). The summed E-state index contributed by atoms with van der Waals surface area (Å²) in [5, 5.41) is 0. The summed E-state index contributed by atoms with van der Waals surface area (Å²) in [6.45, 7) is 2.85. The van der Waals surface area contributed by atoms with E-state index in [-0.39, 0.29) is 0 Å². The van der Waals surface area contributed by atoms with Crippen LogP contribution in [-0.4, -0.2) is 0 Å². The van der Waals surface area contributed by atoms with Crippen molar-refractivity contribution in [3.63, 3.8) is 0 Å². The van der Waals surface area contributed by atoms with E-state index >= 15 is 0 Å². The van der Waals surface area contributed by atoms with Crippen LogP contribution in [0.1, 0.15) is 69.0 Å². The Morgan fingerprint density at radius 2 is 1.75 bits per heavy atom. The molecule has 0 atom stereocenters. The number of furan rings is 1. The number of aryl methyl sites for hydroxylation is 1. The molecule has 20 heavy (non-hydrogen) atoms. The lowest BCUT2D eigenvalue weighted by molar-refractivity contribution is -0.0156. The van der Waals surface area contributed by atoms with Crippen molar-refractivity contribution in [2.75, 3.05) is 0 Å². The van der Waals surface area contributed by atoms with E-state index in [0.717, 1.165) is 30.6 Å². The van der Waals surface area contributed by atoms with Crippen molar-refractivity contribution in [3.8, 4) is 0 Å². The van der Waals surface area contributed by atoms with Crippen molar-refractivity contribution >= 4 is 0 Å². The van der Waals surface area contributed by atoms with Gasteiger partial charge in [-0.3, -0.25) is 0 Å². The molecule has 2 nitrogen and oxygen atoms in total. The first-order valence-corrected chi connectivity index (χ1v) is 8.54. The van der Waals surface area contributed by atoms with Crippen LogP contribution in [0.15, 0.2) is 10.5 Å². The molecule has 2 heteroatoms. The summed E-state index contributed by atoms with van der Waals surface area (Å²) in [7, 11) is 0. The quantitative estimate of drug-likeness (QED) is 0.894. The minimum atomic E-state index is 0.380. The molecule has 4 aliphatic carbocycles. The molecule has 4 saturated carbocycles. The van der Waals surface area contributed by atoms with Gasteiger partial charge in [0.25, 0.3) is 0 Å². The van der Waals surface area contributed by atoms with E-state index in [1.165, 1.54) is 55.6 Å². The first kappa shape index (κ1) is 12.9. The minimum absolute atomic E-state index is 0.380. The Bertz CT molecular complexity index is 466. The maximum absolute atomic E-state index is 6.35. The summed E-state index contributed by atoms with van der Waals surface area (Å²) in [6.07, 6.45) is 10.8. The van der Waals surface area contributed by atoms with E-state index < -0.39 is 0 Å². The third-order valence-corrected chi connectivity index (χ3v) is 6.15. The van der Waals surface area contributed by atoms with E-state index in [1.807, 2.05) is 0 Å². The van der Waals surface area contributed by atoms with Gasteiger partial charge in [-0.25, -0.2) is 0 Å². The Hall–Kier alpha value is -0.760. The standard InChI is InChI=1S/C18H27NO/c1-2-3-16-15(11-19)7-17(20-16)18-8-12-4-13(9-18)6-14(5-12)10-18/h7,12-14H,2-6,8-11,19H2,1H3. The summed E-state index contributed by atoms with van der Waals surface area (Å²) < 4.78 is 6.35. The molecular formula is C18H27NO. The molecule has 4 fully saturated rings. The fourth-order valence-corrected chi connectivity index (χ4v) is 5.75. The normalized spacial score (nSPS) is 38.6. The van der Waals surface area contributed by atoms with Crippen LogP contribution in [0.2, 0.25) is 0 Å². The fraction of sp³-hybridized carbons (Fsp3) is 0.778. The highest BCUT2D eigenvalue weighted by Crippen LogP contribution is 2.61. The summed E-state index contributed by atoms with van der Waals surface area (Å²) in [5.41, 5.74) is 7.57. The van der Waals surface area contributed by atoms with Gasteiger partial charge in [0.1, 0.15) is 11.5 Å². The van der Waals surface area contributed by atoms with Crippen molar-refractivity contribution < 1.29 is 4.42 Å². The van der Waals surface area contributed by atoms with E-state index in [1.54, 1.807) is 0 Å². The Morgan fingerprint density at radius 1 is 1.15 bits per heavy atom. The summed E-state index contributed by atoms with van der Waals surface area (Å²) >= 11 is 0. The molecule has 0 unspecified atom stereocenters. The molecule has 1 aromatic rings. The van der Waals surface area contributed by atoms with Crippen LogP contribution >= 0.6 is 0 Å². The zero-order valence-corrected chi connectivity index (χ0v) is 12.7. The second-order valence-corrected chi connectivity index (χ2v) is 7.71.